The van der Waals surface area contributed by atoms with Crippen LogP contribution in [0.15, 0.2) is 0 Å². The first kappa shape index (κ1) is 15.3. The average Bonchev–Trinajstić information content (AvgIpc) is 2.46. The van der Waals surface area contributed by atoms with Crippen molar-refractivity contribution >= 4 is 23.5 Å². The Balaban J connectivity index is 1.80. The van der Waals surface area contributed by atoms with Crippen LogP contribution in [0.5, 0.6) is 0 Å². The molecule has 2 N–H and O–H groups in total. The van der Waals surface area contributed by atoms with Crippen LogP contribution in [0.25, 0.3) is 0 Å². The second-order valence-corrected chi connectivity index (χ2v) is 5.22. The van der Waals surface area contributed by atoms with Gasteiger partial charge in [-0.05, 0) is 43.7 Å². The number of nitrogens with zero attached hydrogens (tertiary/aromatic N) is 3. The van der Waals surface area contributed by atoms with Gasteiger partial charge in [0.2, 0.25) is 17.2 Å². The minimum absolute atomic E-state index is 0.204. The summed E-state index contributed by atoms with van der Waals surface area (Å²) >= 11 is 5.89. The summed E-state index contributed by atoms with van der Waals surface area (Å²) in [6.07, 6.45) is 5.90. The fourth-order valence-corrected chi connectivity index (χ4v) is 2.29. The van der Waals surface area contributed by atoms with Crippen LogP contribution >= 0.6 is 11.6 Å². The van der Waals surface area contributed by atoms with Gasteiger partial charge in [-0.1, -0.05) is 6.92 Å². The summed E-state index contributed by atoms with van der Waals surface area (Å²) in [7, 11) is 0. The Morgan fingerprint density at radius 2 is 1.90 bits per heavy atom. The van der Waals surface area contributed by atoms with Crippen LogP contribution < -0.4 is 10.6 Å². The van der Waals surface area contributed by atoms with Gasteiger partial charge in [-0.2, -0.15) is 15.0 Å². The zero-order valence-electron chi connectivity index (χ0n) is 11.9. The van der Waals surface area contributed by atoms with Crippen molar-refractivity contribution in [2.45, 2.75) is 45.1 Å². The van der Waals surface area contributed by atoms with Crippen molar-refractivity contribution in [2.75, 3.05) is 30.3 Å². The molecular weight excluding hydrogens is 278 g/mol. The van der Waals surface area contributed by atoms with E-state index in [1.54, 1.807) is 0 Å². The monoisotopic (exact) mass is 299 g/mol. The van der Waals surface area contributed by atoms with Gasteiger partial charge in [0.15, 0.2) is 0 Å². The highest BCUT2D eigenvalue weighted by molar-refractivity contribution is 6.28. The molecule has 7 heteroatoms. The van der Waals surface area contributed by atoms with Crippen molar-refractivity contribution in [3.63, 3.8) is 0 Å². The lowest BCUT2D eigenvalue weighted by Crippen LogP contribution is -2.22. The molecule has 1 aliphatic rings. The third-order valence-corrected chi connectivity index (χ3v) is 3.33. The number of hydrogen-bond donors (Lipinski definition) is 2. The van der Waals surface area contributed by atoms with Crippen molar-refractivity contribution in [2.24, 2.45) is 0 Å². The number of anilines is 2. The Hall–Kier alpha value is -1.14. The lowest BCUT2D eigenvalue weighted by molar-refractivity contribution is 0.0134. The fourth-order valence-electron chi connectivity index (χ4n) is 2.13. The van der Waals surface area contributed by atoms with Gasteiger partial charge in [0.1, 0.15) is 0 Å². The van der Waals surface area contributed by atoms with E-state index in [1.807, 2.05) is 0 Å². The second-order valence-electron chi connectivity index (χ2n) is 4.88. The van der Waals surface area contributed by atoms with E-state index in [9.17, 15) is 0 Å². The van der Waals surface area contributed by atoms with Gasteiger partial charge in [-0.25, -0.2) is 0 Å². The van der Waals surface area contributed by atoms with Crippen LogP contribution in [0.2, 0.25) is 5.28 Å². The largest absolute Gasteiger partial charge is 0.378 e. The van der Waals surface area contributed by atoms with Crippen LogP contribution in [-0.2, 0) is 4.74 Å². The van der Waals surface area contributed by atoms with Crippen LogP contribution in [-0.4, -0.2) is 40.8 Å². The van der Waals surface area contributed by atoms with Crippen molar-refractivity contribution in [3.05, 3.63) is 5.28 Å². The third-order valence-electron chi connectivity index (χ3n) is 3.16. The molecule has 1 saturated heterocycles. The Bertz CT molecular complexity index is 412. The van der Waals surface area contributed by atoms with Gasteiger partial charge >= 0.3 is 0 Å². The molecule has 0 spiro atoms. The number of ether oxygens (including phenoxy) is 1. The maximum atomic E-state index is 5.89. The standard InChI is InChI=1S/C13H22ClN5O/c1-2-7-15-12-17-11(14)18-13(19-12)16-8-6-10-5-3-4-9-20-10/h10H,2-9H2,1H3,(H2,15,16,17,18,19). The first-order valence-electron chi connectivity index (χ1n) is 7.29. The van der Waals surface area contributed by atoms with Crippen molar-refractivity contribution in [1.29, 1.82) is 0 Å². The highest BCUT2D eigenvalue weighted by atomic mass is 35.5. The predicted molar refractivity (Wildman–Crippen MR) is 80.3 cm³/mol. The Labute approximate surface area is 124 Å². The molecule has 0 amide bonds. The molecular formula is C13H22ClN5O. The van der Waals surface area contributed by atoms with Gasteiger partial charge in [0.25, 0.3) is 0 Å². The van der Waals surface area contributed by atoms with Crippen molar-refractivity contribution in [3.8, 4) is 0 Å². The average molecular weight is 300 g/mol. The molecule has 1 aliphatic heterocycles. The molecule has 0 bridgehead atoms. The van der Waals surface area contributed by atoms with Crippen molar-refractivity contribution < 1.29 is 4.74 Å². The minimum atomic E-state index is 0.204. The number of halogens is 1. The molecule has 6 nitrogen and oxygen atoms in total. The maximum Gasteiger partial charge on any atom is 0.228 e. The molecule has 2 heterocycles. The summed E-state index contributed by atoms with van der Waals surface area (Å²) in [6.45, 7) is 4.56. The molecule has 112 valence electrons. The molecule has 20 heavy (non-hydrogen) atoms. The van der Waals surface area contributed by atoms with Gasteiger partial charge in [-0.15, -0.1) is 0 Å². The number of nitrogens with one attached hydrogen (secondary N) is 2. The minimum Gasteiger partial charge on any atom is -0.378 e. The quantitative estimate of drug-likeness (QED) is 0.806. The normalized spacial score (nSPS) is 18.8. The van der Waals surface area contributed by atoms with Crippen LogP contribution in [0.3, 0.4) is 0 Å². The molecule has 0 radical (unpaired) electrons. The summed E-state index contributed by atoms with van der Waals surface area (Å²) in [5, 5.41) is 6.49. The molecule has 0 aromatic carbocycles. The second kappa shape index (κ2) is 8.21. The topological polar surface area (TPSA) is 72.0 Å². The Kier molecular flexibility index (Phi) is 6.26. The van der Waals surface area contributed by atoms with E-state index in [4.69, 9.17) is 16.3 Å². The molecule has 1 unspecified atom stereocenters. The molecule has 1 fully saturated rings. The van der Waals surface area contributed by atoms with Gasteiger partial charge in [0.05, 0.1) is 6.10 Å². The van der Waals surface area contributed by atoms with E-state index in [1.165, 1.54) is 12.8 Å². The number of hydrogen-bond acceptors (Lipinski definition) is 6. The molecule has 1 atom stereocenters. The fraction of sp³-hybridized carbons (Fsp3) is 0.769. The maximum absolute atomic E-state index is 5.89. The molecule has 0 aliphatic carbocycles. The number of aromatic nitrogens is 3. The molecule has 0 saturated carbocycles. The Morgan fingerprint density at radius 3 is 2.55 bits per heavy atom. The van der Waals surface area contributed by atoms with Gasteiger partial charge in [-0.3, -0.25) is 0 Å². The SMILES string of the molecule is CCCNc1nc(Cl)nc(NCCC2CCCCO2)n1. The summed E-state index contributed by atoms with van der Waals surface area (Å²) in [6, 6.07) is 0. The van der Waals surface area contributed by atoms with E-state index >= 15 is 0 Å². The Morgan fingerprint density at radius 1 is 1.15 bits per heavy atom. The highest BCUT2D eigenvalue weighted by Crippen LogP contribution is 2.16. The lowest BCUT2D eigenvalue weighted by Gasteiger charge is -2.22. The van der Waals surface area contributed by atoms with Gasteiger partial charge < -0.3 is 15.4 Å². The highest BCUT2D eigenvalue weighted by Gasteiger charge is 2.13. The molecule has 2 rings (SSSR count). The molecule has 1 aromatic rings. The van der Waals surface area contributed by atoms with E-state index in [-0.39, 0.29) is 5.28 Å². The summed E-state index contributed by atoms with van der Waals surface area (Å²) in [5.74, 6) is 1.03. The molecule has 1 aromatic heterocycles. The van der Waals surface area contributed by atoms with E-state index in [0.29, 0.717) is 18.0 Å². The zero-order valence-corrected chi connectivity index (χ0v) is 12.6. The van der Waals surface area contributed by atoms with E-state index < -0.39 is 0 Å². The van der Waals surface area contributed by atoms with Crippen molar-refractivity contribution in [1.82, 2.24) is 15.0 Å². The summed E-state index contributed by atoms with van der Waals surface area (Å²) < 4.78 is 5.68. The predicted octanol–water partition coefficient (Wildman–Crippen LogP) is 2.72. The van der Waals surface area contributed by atoms with Crippen LogP contribution in [0.1, 0.15) is 39.0 Å². The summed E-state index contributed by atoms with van der Waals surface area (Å²) in [4.78, 5) is 12.4. The smallest absolute Gasteiger partial charge is 0.228 e. The van der Waals surface area contributed by atoms with Gasteiger partial charge in [0, 0.05) is 19.7 Å². The van der Waals surface area contributed by atoms with E-state index in [2.05, 4.69) is 32.5 Å². The zero-order chi connectivity index (χ0) is 14.2. The van der Waals surface area contributed by atoms with Crippen LogP contribution in [0.4, 0.5) is 11.9 Å². The van der Waals surface area contributed by atoms with Crippen LogP contribution in [0, 0.1) is 0 Å². The van der Waals surface area contributed by atoms with E-state index in [0.717, 1.165) is 39.0 Å². The third kappa shape index (κ3) is 5.09. The first-order chi connectivity index (χ1) is 9.78. The summed E-state index contributed by atoms with van der Waals surface area (Å²) in [5.41, 5.74) is 0. The first-order valence-corrected chi connectivity index (χ1v) is 7.66. The number of rotatable bonds is 7. The lowest BCUT2D eigenvalue weighted by atomic mass is 10.1.